The molecule has 1 fully saturated rings. The number of ether oxygens (including phenoxy) is 1. The van der Waals surface area contributed by atoms with Gasteiger partial charge in [-0.2, -0.15) is 0 Å². The fourth-order valence-corrected chi connectivity index (χ4v) is 4.15. The van der Waals surface area contributed by atoms with Crippen LogP contribution in [0.5, 0.6) is 0 Å². The molecule has 1 aliphatic carbocycles. The number of nitrogens with zero attached hydrogens (tertiary/aromatic N) is 4. The molecule has 0 saturated heterocycles. The van der Waals surface area contributed by atoms with Crippen molar-refractivity contribution in [2.45, 2.75) is 32.7 Å². The van der Waals surface area contributed by atoms with Crippen LogP contribution in [-0.4, -0.2) is 44.8 Å². The second-order valence-corrected chi connectivity index (χ2v) is 8.03. The van der Waals surface area contributed by atoms with Gasteiger partial charge in [0.2, 0.25) is 5.95 Å². The highest BCUT2D eigenvalue weighted by Crippen LogP contribution is 2.37. The van der Waals surface area contributed by atoms with E-state index in [-0.39, 0.29) is 5.91 Å². The summed E-state index contributed by atoms with van der Waals surface area (Å²) < 4.78 is 9.63. The zero-order valence-electron chi connectivity index (χ0n) is 17.8. The lowest BCUT2D eigenvalue weighted by Gasteiger charge is -2.10. The molecule has 3 heterocycles. The van der Waals surface area contributed by atoms with Crippen molar-refractivity contribution in [2.75, 3.05) is 19.8 Å². The first-order valence-corrected chi connectivity index (χ1v) is 11.0. The highest BCUT2D eigenvalue weighted by molar-refractivity contribution is 6.10. The van der Waals surface area contributed by atoms with E-state index in [9.17, 15) is 4.79 Å². The molecule has 1 amide bonds. The molecule has 0 atom stereocenters. The van der Waals surface area contributed by atoms with Crippen molar-refractivity contribution in [1.82, 2.24) is 24.4 Å². The highest BCUT2D eigenvalue weighted by Gasteiger charge is 2.27. The number of hydrogen-bond acceptors (Lipinski definition) is 4. The van der Waals surface area contributed by atoms with Crippen molar-refractivity contribution in [1.29, 1.82) is 0 Å². The van der Waals surface area contributed by atoms with Crippen molar-refractivity contribution in [3.63, 3.8) is 0 Å². The van der Waals surface area contributed by atoms with E-state index in [4.69, 9.17) is 4.74 Å². The Hall–Kier alpha value is -3.19. The fraction of sp³-hybridized carbons (Fsp3) is 0.375. The number of carbonyl (C=O) groups is 1. The van der Waals surface area contributed by atoms with E-state index in [0.717, 1.165) is 29.4 Å². The largest absolute Gasteiger partial charge is 0.382 e. The third-order valence-electron chi connectivity index (χ3n) is 5.80. The van der Waals surface area contributed by atoms with Crippen LogP contribution in [-0.2, 0) is 11.3 Å². The van der Waals surface area contributed by atoms with Crippen LogP contribution in [0, 0.1) is 5.92 Å². The number of nitrogens with one attached hydrogen (secondary N) is 1. The summed E-state index contributed by atoms with van der Waals surface area (Å²) in [6.07, 6.45) is 6.73. The van der Waals surface area contributed by atoms with Gasteiger partial charge in [0.25, 0.3) is 5.91 Å². The van der Waals surface area contributed by atoms with Crippen molar-refractivity contribution >= 4 is 27.8 Å². The van der Waals surface area contributed by atoms with Crippen molar-refractivity contribution in [3.05, 3.63) is 54.5 Å². The molecule has 4 aromatic rings. The SMILES string of the molecule is CCOCCCNC(=O)c1cc2c(c3ccccc3n2CC2CC2)n1-c1ncccn1. The smallest absolute Gasteiger partial charge is 0.268 e. The van der Waals surface area contributed by atoms with Crippen LogP contribution >= 0.6 is 0 Å². The quantitative estimate of drug-likeness (QED) is 0.419. The number of carbonyl (C=O) groups excluding carboxylic acids is 1. The Bertz CT molecular complexity index is 1210. The number of rotatable bonds is 9. The van der Waals surface area contributed by atoms with Crippen molar-refractivity contribution < 1.29 is 9.53 Å². The Balaban J connectivity index is 1.62. The lowest BCUT2D eigenvalue weighted by molar-refractivity contribution is 0.0937. The maximum absolute atomic E-state index is 13.2. The fourth-order valence-electron chi connectivity index (χ4n) is 4.15. The van der Waals surface area contributed by atoms with E-state index in [1.807, 2.05) is 23.6 Å². The van der Waals surface area contributed by atoms with E-state index in [1.54, 1.807) is 18.5 Å². The van der Waals surface area contributed by atoms with Crippen LogP contribution in [0.3, 0.4) is 0 Å². The number of aromatic nitrogens is 4. The molecule has 3 aromatic heterocycles. The molecule has 7 nitrogen and oxygen atoms in total. The summed E-state index contributed by atoms with van der Waals surface area (Å²) in [5.74, 6) is 1.10. The predicted octanol–water partition coefficient (Wildman–Crippen LogP) is 3.94. The molecule has 0 bridgehead atoms. The van der Waals surface area contributed by atoms with Gasteiger partial charge in [0.05, 0.1) is 16.6 Å². The first kappa shape index (κ1) is 19.8. The summed E-state index contributed by atoms with van der Waals surface area (Å²) in [5, 5.41) is 4.15. The van der Waals surface area contributed by atoms with Crippen molar-refractivity contribution in [3.8, 4) is 5.95 Å². The maximum Gasteiger partial charge on any atom is 0.268 e. The third-order valence-corrected chi connectivity index (χ3v) is 5.80. The summed E-state index contributed by atoms with van der Waals surface area (Å²) in [6.45, 7) is 4.83. The first-order chi connectivity index (χ1) is 15.3. The molecule has 0 aliphatic heterocycles. The molecule has 1 aliphatic rings. The summed E-state index contributed by atoms with van der Waals surface area (Å²) in [4.78, 5) is 22.1. The van der Waals surface area contributed by atoms with Crippen LogP contribution in [0.1, 0.15) is 36.7 Å². The number of para-hydroxylation sites is 1. The van der Waals surface area contributed by atoms with Gasteiger partial charge in [-0.25, -0.2) is 9.97 Å². The zero-order chi connectivity index (χ0) is 21.2. The molecule has 160 valence electrons. The lowest BCUT2D eigenvalue weighted by Crippen LogP contribution is -2.27. The average Bonchev–Trinajstić information content (AvgIpc) is 3.47. The van der Waals surface area contributed by atoms with Gasteiger partial charge in [0.15, 0.2) is 0 Å². The molecule has 0 radical (unpaired) electrons. The summed E-state index contributed by atoms with van der Waals surface area (Å²) in [5.41, 5.74) is 3.79. The van der Waals surface area contributed by atoms with Gasteiger partial charge in [0, 0.05) is 44.1 Å². The molecular formula is C24H27N5O2. The van der Waals surface area contributed by atoms with Gasteiger partial charge in [-0.3, -0.25) is 9.36 Å². The molecule has 31 heavy (non-hydrogen) atoms. The first-order valence-electron chi connectivity index (χ1n) is 11.0. The van der Waals surface area contributed by atoms with Crippen molar-refractivity contribution in [2.24, 2.45) is 5.92 Å². The van der Waals surface area contributed by atoms with Crippen LogP contribution in [0.2, 0.25) is 0 Å². The van der Waals surface area contributed by atoms with E-state index in [0.29, 0.717) is 37.3 Å². The Kier molecular flexibility index (Phi) is 5.42. The minimum atomic E-state index is -0.123. The standard InChI is InChI=1S/C24H27N5O2/c1-2-31-14-6-13-25-23(30)21-15-20-22(29(21)24-26-11-5-12-27-24)18-7-3-4-8-19(18)28(20)16-17-9-10-17/h3-5,7-8,11-12,15,17H,2,6,9-10,13-14,16H2,1H3,(H,25,30). The highest BCUT2D eigenvalue weighted by atomic mass is 16.5. The number of hydrogen-bond donors (Lipinski definition) is 1. The Morgan fingerprint density at radius 1 is 1.16 bits per heavy atom. The Morgan fingerprint density at radius 3 is 2.74 bits per heavy atom. The summed E-state index contributed by atoms with van der Waals surface area (Å²) in [6, 6.07) is 12.2. The Morgan fingerprint density at radius 2 is 1.97 bits per heavy atom. The predicted molar refractivity (Wildman–Crippen MR) is 121 cm³/mol. The topological polar surface area (TPSA) is 74.0 Å². The van der Waals surface area contributed by atoms with Gasteiger partial charge in [-0.05, 0) is 50.3 Å². The van der Waals surface area contributed by atoms with Crippen LogP contribution < -0.4 is 5.32 Å². The molecule has 0 spiro atoms. The zero-order valence-corrected chi connectivity index (χ0v) is 17.8. The molecule has 1 N–H and O–H groups in total. The maximum atomic E-state index is 13.2. The average molecular weight is 418 g/mol. The minimum absolute atomic E-state index is 0.123. The number of fused-ring (bicyclic) bond motifs is 3. The Labute approximate surface area is 181 Å². The van der Waals surface area contributed by atoms with Gasteiger partial charge < -0.3 is 14.6 Å². The molecule has 0 unspecified atom stereocenters. The molecule has 7 heteroatoms. The van der Waals surface area contributed by atoms with Gasteiger partial charge in [0.1, 0.15) is 5.69 Å². The lowest BCUT2D eigenvalue weighted by atomic mass is 10.2. The second-order valence-electron chi connectivity index (χ2n) is 8.03. The van der Waals surface area contributed by atoms with Gasteiger partial charge >= 0.3 is 0 Å². The summed E-state index contributed by atoms with van der Waals surface area (Å²) in [7, 11) is 0. The third kappa shape index (κ3) is 3.81. The minimum Gasteiger partial charge on any atom is -0.382 e. The summed E-state index contributed by atoms with van der Waals surface area (Å²) >= 11 is 0. The normalized spacial score (nSPS) is 13.8. The van der Waals surface area contributed by atoms with E-state index < -0.39 is 0 Å². The van der Waals surface area contributed by atoms with Crippen LogP contribution in [0.4, 0.5) is 0 Å². The van der Waals surface area contributed by atoms with E-state index in [2.05, 4.69) is 38.1 Å². The molecule has 5 rings (SSSR count). The van der Waals surface area contributed by atoms with E-state index >= 15 is 0 Å². The van der Waals surface area contributed by atoms with Crippen LogP contribution in [0.25, 0.3) is 27.9 Å². The van der Waals surface area contributed by atoms with Gasteiger partial charge in [-0.1, -0.05) is 18.2 Å². The monoisotopic (exact) mass is 417 g/mol. The molecule has 1 saturated carbocycles. The molecule has 1 aromatic carbocycles. The second kappa shape index (κ2) is 8.51. The van der Waals surface area contributed by atoms with Gasteiger partial charge in [-0.15, -0.1) is 0 Å². The van der Waals surface area contributed by atoms with E-state index in [1.165, 1.54) is 18.4 Å². The number of benzene rings is 1. The number of amides is 1. The molecular weight excluding hydrogens is 390 g/mol. The van der Waals surface area contributed by atoms with Crippen LogP contribution in [0.15, 0.2) is 48.8 Å².